The lowest BCUT2D eigenvalue weighted by atomic mass is 9.77. The summed E-state index contributed by atoms with van der Waals surface area (Å²) in [5.41, 5.74) is 56.1. The van der Waals surface area contributed by atoms with Crippen molar-refractivity contribution in [3.05, 3.63) is 410 Å². The molecule has 0 amide bonds. The van der Waals surface area contributed by atoms with Crippen LogP contribution in [0, 0.1) is 62.3 Å². The largest absolute Gasteiger partial charge is 0.456 e. The van der Waals surface area contributed by atoms with Crippen LogP contribution in [-0.4, -0.2) is 56.4 Å². The van der Waals surface area contributed by atoms with E-state index in [0.29, 0.717) is 0 Å². The Morgan fingerprint density at radius 1 is 0.183 bits per heavy atom. The zero-order valence-corrected chi connectivity index (χ0v) is 81.7. The molecular formula is C125H127N5O. The zero-order chi connectivity index (χ0) is 92.8. The van der Waals surface area contributed by atoms with Gasteiger partial charge in [0.2, 0.25) is 0 Å². The molecule has 0 N–H and O–H groups in total. The highest BCUT2D eigenvalue weighted by Crippen LogP contribution is 2.59. The second-order valence-electron chi connectivity index (χ2n) is 40.0. The number of aryl methyl sites for hydroxylation is 9. The van der Waals surface area contributed by atoms with Crippen LogP contribution in [0.5, 0.6) is 0 Å². The summed E-state index contributed by atoms with van der Waals surface area (Å²) in [6.45, 7) is 39.1. The SMILES string of the molecule is Cc1cc(-c2ccccc2)c2c(c1)-c1cc(N(C)C)cc(C)c1C2(C)C.Cc1cc(-c2ccccc2)cc2c1C(C)(C)c1c(C)cc(N(C)C)cc1-2.Cc1cc(C)c2c(c1)-c1cc(N(C)C)cc(-c3ccccc3)c1C2(C)C.Cc1cc(C)c2c(c1)-c1cc(N(C)C)cc(C)c1C2(C)C.c1ccc(-c2ccc3oc4ccc(N(c5ccccc5)c5ccccc5)cc4c3c2)cc1. The lowest BCUT2D eigenvalue weighted by molar-refractivity contribution is 0.650. The number of para-hydroxylation sites is 2. The van der Waals surface area contributed by atoms with Gasteiger partial charge in [-0.3, -0.25) is 0 Å². The Morgan fingerprint density at radius 2 is 0.443 bits per heavy atom. The number of hydrogen-bond acceptors (Lipinski definition) is 6. The maximum absolute atomic E-state index is 6.17. The third-order valence-electron chi connectivity index (χ3n) is 28.0. The van der Waals surface area contributed by atoms with Gasteiger partial charge in [0.05, 0.1) is 0 Å². The van der Waals surface area contributed by atoms with Crippen molar-refractivity contribution in [3.63, 3.8) is 0 Å². The van der Waals surface area contributed by atoms with E-state index < -0.39 is 0 Å². The van der Waals surface area contributed by atoms with E-state index in [1.54, 1.807) is 0 Å². The highest BCUT2D eigenvalue weighted by Gasteiger charge is 2.44. The van der Waals surface area contributed by atoms with Crippen molar-refractivity contribution in [2.24, 2.45) is 0 Å². The Balaban J connectivity index is 0.000000115. The van der Waals surface area contributed by atoms with Gasteiger partial charge in [-0.1, -0.05) is 273 Å². The summed E-state index contributed by atoms with van der Waals surface area (Å²) < 4.78 is 6.17. The first-order chi connectivity index (χ1) is 62.5. The fraction of sp³-hybridized carbons (Fsp3) is 0.232. The predicted molar refractivity (Wildman–Crippen MR) is 566 cm³/mol. The molecule has 16 aromatic carbocycles. The molecule has 17 aromatic rings. The van der Waals surface area contributed by atoms with Crippen LogP contribution in [0.3, 0.4) is 0 Å². The van der Waals surface area contributed by atoms with Gasteiger partial charge in [0.25, 0.3) is 0 Å². The van der Waals surface area contributed by atoms with Crippen molar-refractivity contribution >= 4 is 61.8 Å². The van der Waals surface area contributed by atoms with Crippen LogP contribution < -0.4 is 24.5 Å². The Kier molecular flexibility index (Phi) is 23.8. The molecule has 4 aliphatic rings. The van der Waals surface area contributed by atoms with Crippen molar-refractivity contribution in [2.75, 3.05) is 80.9 Å². The predicted octanol–water partition coefficient (Wildman–Crippen LogP) is 32.7. The first-order valence-corrected chi connectivity index (χ1v) is 46.5. The maximum atomic E-state index is 6.17. The topological polar surface area (TPSA) is 29.3 Å². The smallest absolute Gasteiger partial charge is 0.135 e. The van der Waals surface area contributed by atoms with Crippen molar-refractivity contribution in [3.8, 4) is 89.0 Å². The molecule has 658 valence electrons. The number of furan rings is 1. The standard InChI is InChI=1S/C30H21NO.3C25H27N.C20H25N/c1-4-10-22(11-5-1)23-16-18-29-27(20-23)28-21-26(17-19-30(28)32-29)31(24-12-6-2-7-13-24)25-14-8-3-9-15-25;1-16-12-19(18-10-8-7-9-11-18)14-21-22-15-20(26(5)6)13-17(2)24(22)25(3,4)23(16)21;1-16-12-20(18-10-8-7-9-11-18)24-21(13-16)22-15-19(26(5)6)14-17(2)23(22)25(24,3)4;1-16-12-17(2)23-21(13-16)22-15-19(26(5)6)14-20(24(22)25(23,3)4)18-10-8-7-9-11-18;1-12-8-13(2)18-16(9-12)17-11-15(21(6)7)10-14(3)19(17)20(18,4)5/h1-21H;3*7-15H,1-6H3;8-11H,1-7H3. The lowest BCUT2D eigenvalue weighted by Gasteiger charge is -2.27. The minimum atomic E-state index is -0.00152. The molecule has 0 unspecified atom stereocenters. The molecule has 131 heavy (non-hydrogen) atoms. The van der Waals surface area contributed by atoms with E-state index in [1.807, 2.05) is 18.2 Å². The van der Waals surface area contributed by atoms with Gasteiger partial charge in [0.15, 0.2) is 0 Å². The summed E-state index contributed by atoms with van der Waals surface area (Å²) in [6, 6.07) is 114. The number of hydrogen-bond donors (Lipinski definition) is 0. The number of benzene rings is 16. The minimum Gasteiger partial charge on any atom is -0.456 e. The third-order valence-corrected chi connectivity index (χ3v) is 28.0. The normalized spacial score (nSPS) is 13.5. The summed E-state index contributed by atoms with van der Waals surface area (Å²) in [4.78, 5) is 11.1. The molecule has 4 aliphatic carbocycles. The van der Waals surface area contributed by atoms with Crippen LogP contribution in [-0.2, 0) is 21.7 Å². The molecule has 6 nitrogen and oxygen atoms in total. The van der Waals surface area contributed by atoms with E-state index >= 15 is 0 Å². The second-order valence-corrected chi connectivity index (χ2v) is 40.0. The van der Waals surface area contributed by atoms with Crippen LogP contribution in [0.15, 0.2) is 320 Å². The molecular weight excluding hydrogens is 1590 g/mol. The molecule has 0 radical (unpaired) electrons. The highest BCUT2D eigenvalue weighted by molar-refractivity contribution is 6.08. The molecule has 0 aliphatic heterocycles. The fourth-order valence-corrected chi connectivity index (χ4v) is 22.8. The Bertz CT molecular complexity index is 7150. The Labute approximate surface area is 780 Å². The molecule has 0 bridgehead atoms. The van der Waals surface area contributed by atoms with Gasteiger partial charge in [-0.25, -0.2) is 0 Å². The van der Waals surface area contributed by atoms with E-state index in [1.165, 1.54) is 206 Å². The average Bonchev–Trinajstić information content (AvgIpc) is 1.57. The van der Waals surface area contributed by atoms with Crippen LogP contribution >= 0.6 is 0 Å². The maximum Gasteiger partial charge on any atom is 0.135 e. The molecule has 0 spiro atoms. The quantitative estimate of drug-likeness (QED) is 0.128. The van der Waals surface area contributed by atoms with E-state index in [4.69, 9.17) is 4.42 Å². The van der Waals surface area contributed by atoms with Crippen LogP contribution in [0.1, 0.15) is 150 Å². The molecule has 1 heterocycles. The first-order valence-electron chi connectivity index (χ1n) is 46.5. The van der Waals surface area contributed by atoms with Gasteiger partial charge in [0, 0.05) is 129 Å². The number of anilines is 7. The van der Waals surface area contributed by atoms with E-state index in [2.05, 4.69) is 496 Å². The lowest BCUT2D eigenvalue weighted by Crippen LogP contribution is -2.18. The third kappa shape index (κ3) is 16.4. The van der Waals surface area contributed by atoms with Gasteiger partial charge in [-0.05, 0) is 344 Å². The first kappa shape index (κ1) is 89.3. The number of nitrogens with zero attached hydrogens (tertiary/aromatic N) is 5. The number of rotatable bonds is 11. The van der Waals surface area contributed by atoms with Crippen molar-refractivity contribution in [2.45, 2.75) is 139 Å². The van der Waals surface area contributed by atoms with Gasteiger partial charge < -0.3 is 28.9 Å². The van der Waals surface area contributed by atoms with Gasteiger partial charge in [-0.15, -0.1) is 0 Å². The van der Waals surface area contributed by atoms with Crippen molar-refractivity contribution in [1.82, 2.24) is 0 Å². The van der Waals surface area contributed by atoms with Gasteiger partial charge in [0.1, 0.15) is 11.2 Å². The fourth-order valence-electron chi connectivity index (χ4n) is 22.8. The monoisotopic (exact) mass is 1710 g/mol. The Hall–Kier alpha value is -13.7. The van der Waals surface area contributed by atoms with Crippen molar-refractivity contribution in [1.29, 1.82) is 0 Å². The average molecular weight is 1720 g/mol. The molecule has 1 aromatic heterocycles. The van der Waals surface area contributed by atoms with Crippen molar-refractivity contribution < 1.29 is 4.42 Å². The summed E-state index contributed by atoms with van der Waals surface area (Å²) in [5, 5.41) is 2.25. The van der Waals surface area contributed by atoms with Crippen LogP contribution in [0.2, 0.25) is 0 Å². The minimum absolute atomic E-state index is 0.00152. The second kappa shape index (κ2) is 35.0. The molecule has 0 saturated heterocycles. The molecule has 6 heteroatoms. The molecule has 0 saturated carbocycles. The van der Waals surface area contributed by atoms with E-state index in [-0.39, 0.29) is 21.7 Å². The van der Waals surface area contributed by atoms with Gasteiger partial charge >= 0.3 is 0 Å². The zero-order valence-electron chi connectivity index (χ0n) is 81.7. The Morgan fingerprint density at radius 3 is 0.824 bits per heavy atom. The molecule has 0 atom stereocenters. The van der Waals surface area contributed by atoms with Crippen LogP contribution in [0.25, 0.3) is 111 Å². The number of fused-ring (bicyclic) bond motifs is 15. The highest BCUT2D eigenvalue weighted by atomic mass is 16.3. The summed E-state index contributed by atoms with van der Waals surface area (Å²) in [5.74, 6) is 0. The molecule has 21 rings (SSSR count). The van der Waals surface area contributed by atoms with Crippen LogP contribution in [0.4, 0.5) is 39.8 Å². The molecule has 0 fully saturated rings. The van der Waals surface area contributed by atoms with E-state index in [0.717, 1.165) is 39.0 Å². The van der Waals surface area contributed by atoms with Gasteiger partial charge in [-0.2, -0.15) is 0 Å². The summed E-state index contributed by atoms with van der Waals surface area (Å²) in [7, 11) is 17.0. The van der Waals surface area contributed by atoms with E-state index in [9.17, 15) is 0 Å². The summed E-state index contributed by atoms with van der Waals surface area (Å²) in [6.07, 6.45) is 0. The summed E-state index contributed by atoms with van der Waals surface area (Å²) >= 11 is 0.